The highest BCUT2D eigenvalue weighted by molar-refractivity contribution is 7.99. The van der Waals surface area contributed by atoms with Crippen LogP contribution in [0.25, 0.3) is 0 Å². The Bertz CT molecular complexity index is 693. The van der Waals surface area contributed by atoms with E-state index in [1.807, 2.05) is 0 Å². The maximum Gasteiger partial charge on any atom is 0.335 e. The second kappa shape index (κ2) is 5.66. The van der Waals surface area contributed by atoms with E-state index in [2.05, 4.69) is 4.98 Å². The summed E-state index contributed by atoms with van der Waals surface area (Å²) >= 11 is 0.946. The summed E-state index contributed by atoms with van der Waals surface area (Å²) in [5.74, 6) is -1.85. The minimum Gasteiger partial charge on any atom is -0.478 e. The number of nitro benzene ring substituents is 1. The summed E-state index contributed by atoms with van der Waals surface area (Å²) in [6, 6.07) is 5.75. The first-order valence-electron chi connectivity index (χ1n) is 5.28. The maximum absolute atomic E-state index is 13.3. The van der Waals surface area contributed by atoms with E-state index < -0.39 is 16.7 Å². The van der Waals surface area contributed by atoms with E-state index in [0.29, 0.717) is 5.03 Å². The number of nitrogens with zero attached hydrogens (tertiary/aromatic N) is 2. The van der Waals surface area contributed by atoms with Crippen molar-refractivity contribution in [2.45, 2.75) is 9.92 Å². The molecular weight excluding hydrogens is 287 g/mol. The topological polar surface area (TPSA) is 93.3 Å². The number of aromatic nitrogens is 1. The molecule has 1 N–H and O–H groups in total. The van der Waals surface area contributed by atoms with Crippen LogP contribution in [0.15, 0.2) is 46.5 Å². The van der Waals surface area contributed by atoms with Gasteiger partial charge in [0.25, 0.3) is 5.69 Å². The minimum absolute atomic E-state index is 0.0356. The summed E-state index contributed by atoms with van der Waals surface area (Å²) in [6.45, 7) is 0. The highest BCUT2D eigenvalue weighted by Crippen LogP contribution is 2.30. The fraction of sp³-hybridized carbons (Fsp3) is 0. The van der Waals surface area contributed by atoms with E-state index in [0.717, 1.165) is 23.9 Å². The van der Waals surface area contributed by atoms with E-state index in [9.17, 15) is 19.3 Å². The van der Waals surface area contributed by atoms with Crippen molar-refractivity contribution >= 4 is 23.4 Å². The van der Waals surface area contributed by atoms with Crippen molar-refractivity contribution in [1.82, 2.24) is 4.98 Å². The van der Waals surface area contributed by atoms with Gasteiger partial charge in [0.05, 0.1) is 16.6 Å². The monoisotopic (exact) mass is 294 g/mol. The Morgan fingerprint density at radius 2 is 2.10 bits per heavy atom. The van der Waals surface area contributed by atoms with Gasteiger partial charge < -0.3 is 5.11 Å². The van der Waals surface area contributed by atoms with E-state index in [4.69, 9.17) is 5.11 Å². The molecule has 0 amide bonds. The zero-order chi connectivity index (χ0) is 14.7. The van der Waals surface area contributed by atoms with E-state index in [1.54, 1.807) is 0 Å². The van der Waals surface area contributed by atoms with Gasteiger partial charge in [0, 0.05) is 17.2 Å². The van der Waals surface area contributed by atoms with Gasteiger partial charge in [-0.25, -0.2) is 14.2 Å². The Kier molecular flexibility index (Phi) is 3.94. The van der Waals surface area contributed by atoms with Crippen LogP contribution in [0.2, 0.25) is 0 Å². The molecular formula is C12H7FN2O4S. The number of carboxylic acids is 1. The third kappa shape index (κ3) is 3.29. The maximum atomic E-state index is 13.3. The first-order chi connectivity index (χ1) is 9.45. The number of halogens is 1. The quantitative estimate of drug-likeness (QED) is 0.688. The molecule has 0 bridgehead atoms. The first kappa shape index (κ1) is 13.9. The molecule has 0 radical (unpaired) electrons. The number of pyridine rings is 1. The zero-order valence-corrected chi connectivity index (χ0v) is 10.6. The molecule has 0 aliphatic carbocycles. The van der Waals surface area contributed by atoms with Crippen LogP contribution in [-0.4, -0.2) is 21.0 Å². The summed E-state index contributed by atoms with van der Waals surface area (Å²) < 4.78 is 13.3. The number of nitro groups is 1. The van der Waals surface area contributed by atoms with E-state index in [-0.39, 0.29) is 16.1 Å². The van der Waals surface area contributed by atoms with Gasteiger partial charge in [0.2, 0.25) is 0 Å². The standard InChI is InChI=1S/C12H7FN2O4S/c13-8-4-9(15(18)19)6-10(5-8)20-11-3-7(12(16)17)1-2-14-11/h1-6H,(H,16,17). The van der Waals surface area contributed by atoms with Crippen LogP contribution < -0.4 is 0 Å². The molecule has 0 spiro atoms. The van der Waals surface area contributed by atoms with Gasteiger partial charge in [-0.15, -0.1) is 0 Å². The molecule has 1 aromatic heterocycles. The van der Waals surface area contributed by atoms with Crippen LogP contribution in [0.4, 0.5) is 10.1 Å². The van der Waals surface area contributed by atoms with Crippen LogP contribution in [-0.2, 0) is 0 Å². The Morgan fingerprint density at radius 1 is 1.35 bits per heavy atom. The minimum atomic E-state index is -1.11. The fourth-order valence-corrected chi connectivity index (χ4v) is 2.32. The second-order valence-electron chi connectivity index (χ2n) is 3.69. The molecule has 0 saturated heterocycles. The normalized spacial score (nSPS) is 10.2. The van der Waals surface area contributed by atoms with Gasteiger partial charge in [-0.1, -0.05) is 11.8 Å². The van der Waals surface area contributed by atoms with Crippen LogP contribution in [0, 0.1) is 15.9 Å². The smallest absolute Gasteiger partial charge is 0.335 e. The first-order valence-corrected chi connectivity index (χ1v) is 6.09. The predicted molar refractivity (Wildman–Crippen MR) is 68.4 cm³/mol. The van der Waals surface area contributed by atoms with Gasteiger partial charge in [-0.2, -0.15) is 0 Å². The Morgan fingerprint density at radius 3 is 2.75 bits per heavy atom. The van der Waals surface area contributed by atoms with Gasteiger partial charge >= 0.3 is 5.97 Å². The van der Waals surface area contributed by atoms with Crippen LogP contribution >= 0.6 is 11.8 Å². The molecule has 1 heterocycles. The molecule has 0 atom stereocenters. The van der Waals surface area contributed by atoms with Gasteiger partial charge in [0.15, 0.2) is 0 Å². The molecule has 0 saturated carbocycles. The van der Waals surface area contributed by atoms with Gasteiger partial charge in [-0.05, 0) is 18.2 Å². The number of benzene rings is 1. The lowest BCUT2D eigenvalue weighted by Gasteiger charge is -2.02. The number of hydrogen-bond acceptors (Lipinski definition) is 5. The lowest BCUT2D eigenvalue weighted by Crippen LogP contribution is -1.96. The second-order valence-corrected chi connectivity index (χ2v) is 4.79. The number of carbonyl (C=O) groups is 1. The third-order valence-electron chi connectivity index (χ3n) is 2.27. The Balaban J connectivity index is 2.32. The molecule has 1 aromatic carbocycles. The molecule has 0 unspecified atom stereocenters. The molecule has 2 aromatic rings. The SMILES string of the molecule is O=C(O)c1ccnc(Sc2cc(F)cc([N+](=O)[O-])c2)c1. The number of hydrogen-bond donors (Lipinski definition) is 1. The molecule has 0 aliphatic rings. The van der Waals surface area contributed by atoms with Gasteiger partial charge in [-0.3, -0.25) is 10.1 Å². The van der Waals surface area contributed by atoms with Crippen molar-refractivity contribution in [3.05, 3.63) is 58.0 Å². The number of carboxylic acid groups (broad SMARTS) is 1. The van der Waals surface area contributed by atoms with Crippen molar-refractivity contribution in [2.24, 2.45) is 0 Å². The third-order valence-corrected chi connectivity index (χ3v) is 3.17. The fourth-order valence-electron chi connectivity index (χ4n) is 1.43. The summed E-state index contributed by atoms with van der Waals surface area (Å²) in [6.07, 6.45) is 1.31. The number of non-ortho nitro benzene ring substituents is 1. The Labute approximate surface area is 116 Å². The van der Waals surface area contributed by atoms with Crippen LogP contribution in [0.3, 0.4) is 0 Å². The lowest BCUT2D eigenvalue weighted by molar-refractivity contribution is -0.385. The summed E-state index contributed by atoms with van der Waals surface area (Å²) in [5.41, 5.74) is -0.338. The zero-order valence-electron chi connectivity index (χ0n) is 9.82. The van der Waals surface area contributed by atoms with Crippen molar-refractivity contribution in [2.75, 3.05) is 0 Å². The number of aromatic carboxylic acids is 1. The molecule has 2 rings (SSSR count). The highest BCUT2D eigenvalue weighted by atomic mass is 32.2. The van der Waals surface area contributed by atoms with Crippen molar-refractivity contribution in [1.29, 1.82) is 0 Å². The average Bonchev–Trinajstić information content (AvgIpc) is 2.38. The molecule has 0 fully saturated rings. The van der Waals surface area contributed by atoms with Crippen molar-refractivity contribution in [3.8, 4) is 0 Å². The van der Waals surface area contributed by atoms with E-state index in [1.165, 1.54) is 24.4 Å². The molecule has 20 heavy (non-hydrogen) atoms. The van der Waals surface area contributed by atoms with Crippen LogP contribution in [0.1, 0.15) is 10.4 Å². The predicted octanol–water partition coefficient (Wildman–Crippen LogP) is 2.98. The summed E-state index contributed by atoms with van der Waals surface area (Å²) in [5, 5.41) is 19.8. The molecule has 8 heteroatoms. The van der Waals surface area contributed by atoms with Crippen LogP contribution in [0.5, 0.6) is 0 Å². The largest absolute Gasteiger partial charge is 0.478 e. The Hall–Kier alpha value is -2.48. The van der Waals surface area contributed by atoms with Gasteiger partial charge in [0.1, 0.15) is 10.8 Å². The van der Waals surface area contributed by atoms with Crippen molar-refractivity contribution < 1.29 is 19.2 Å². The molecule has 0 aliphatic heterocycles. The van der Waals surface area contributed by atoms with Crippen molar-refractivity contribution in [3.63, 3.8) is 0 Å². The average molecular weight is 294 g/mol. The lowest BCUT2D eigenvalue weighted by atomic mass is 10.3. The molecule has 6 nitrogen and oxygen atoms in total. The van der Waals surface area contributed by atoms with E-state index >= 15 is 0 Å². The highest BCUT2D eigenvalue weighted by Gasteiger charge is 2.12. The summed E-state index contributed by atoms with van der Waals surface area (Å²) in [4.78, 5) is 25.0. The summed E-state index contributed by atoms with van der Waals surface area (Å²) in [7, 11) is 0. The molecule has 102 valence electrons. The number of rotatable bonds is 4.